The molecular weight excluding hydrogens is 263 g/mol. The SMILES string of the molecule is NC1CCCc2c1[nH]c1cc(-c3ccc(F)cc3)ccc21. The molecule has 3 heteroatoms. The summed E-state index contributed by atoms with van der Waals surface area (Å²) in [5, 5.41) is 1.27. The number of rotatable bonds is 1. The number of H-pyrrole nitrogens is 1. The lowest BCUT2D eigenvalue weighted by atomic mass is 9.92. The van der Waals surface area contributed by atoms with Gasteiger partial charge in [0.1, 0.15) is 5.82 Å². The van der Waals surface area contributed by atoms with E-state index in [1.54, 1.807) is 0 Å². The number of benzene rings is 2. The van der Waals surface area contributed by atoms with Crippen LogP contribution in [0.1, 0.15) is 30.1 Å². The first-order chi connectivity index (χ1) is 10.2. The molecule has 2 aromatic carbocycles. The maximum Gasteiger partial charge on any atom is 0.123 e. The summed E-state index contributed by atoms with van der Waals surface area (Å²) < 4.78 is 13.0. The molecule has 4 rings (SSSR count). The van der Waals surface area contributed by atoms with E-state index in [-0.39, 0.29) is 11.9 Å². The number of hydrogen-bond donors (Lipinski definition) is 2. The molecule has 1 heterocycles. The van der Waals surface area contributed by atoms with Crippen molar-refractivity contribution >= 4 is 10.9 Å². The minimum Gasteiger partial charge on any atom is -0.357 e. The maximum atomic E-state index is 13.0. The van der Waals surface area contributed by atoms with Crippen molar-refractivity contribution < 1.29 is 4.39 Å². The van der Waals surface area contributed by atoms with Gasteiger partial charge >= 0.3 is 0 Å². The van der Waals surface area contributed by atoms with Gasteiger partial charge in [-0.3, -0.25) is 0 Å². The highest BCUT2D eigenvalue weighted by Gasteiger charge is 2.21. The Bertz CT molecular complexity index is 802. The van der Waals surface area contributed by atoms with Gasteiger partial charge in [-0.2, -0.15) is 0 Å². The van der Waals surface area contributed by atoms with Crippen molar-refractivity contribution in [2.45, 2.75) is 25.3 Å². The van der Waals surface area contributed by atoms with E-state index in [0.717, 1.165) is 35.9 Å². The third-order valence-corrected chi connectivity index (χ3v) is 4.43. The Hall–Kier alpha value is -2.13. The van der Waals surface area contributed by atoms with Crippen LogP contribution in [0.15, 0.2) is 42.5 Å². The fraction of sp³-hybridized carbons (Fsp3) is 0.222. The highest BCUT2D eigenvalue weighted by Crippen LogP contribution is 2.35. The van der Waals surface area contributed by atoms with Crippen molar-refractivity contribution in [3.63, 3.8) is 0 Å². The van der Waals surface area contributed by atoms with Crippen LogP contribution in [0.2, 0.25) is 0 Å². The van der Waals surface area contributed by atoms with Crippen LogP contribution < -0.4 is 5.73 Å². The zero-order valence-electron chi connectivity index (χ0n) is 11.7. The molecule has 0 saturated carbocycles. The Morgan fingerprint density at radius 3 is 2.62 bits per heavy atom. The van der Waals surface area contributed by atoms with Crippen molar-refractivity contribution in [1.82, 2.24) is 4.98 Å². The predicted molar refractivity (Wildman–Crippen MR) is 83.6 cm³/mol. The normalized spacial score (nSPS) is 17.9. The van der Waals surface area contributed by atoms with Gasteiger partial charge in [0.2, 0.25) is 0 Å². The van der Waals surface area contributed by atoms with Crippen molar-refractivity contribution in [2.75, 3.05) is 0 Å². The quantitative estimate of drug-likeness (QED) is 0.685. The number of fused-ring (bicyclic) bond motifs is 3. The molecular formula is C18H17FN2. The summed E-state index contributed by atoms with van der Waals surface area (Å²) >= 11 is 0. The van der Waals surface area contributed by atoms with Crippen LogP contribution in [-0.4, -0.2) is 4.98 Å². The van der Waals surface area contributed by atoms with Crippen LogP contribution in [0.4, 0.5) is 4.39 Å². The van der Waals surface area contributed by atoms with Gasteiger partial charge in [0.25, 0.3) is 0 Å². The summed E-state index contributed by atoms with van der Waals surface area (Å²) in [5.74, 6) is -0.207. The molecule has 0 aliphatic heterocycles. The van der Waals surface area contributed by atoms with Crippen molar-refractivity contribution in [3.05, 3.63) is 59.5 Å². The number of halogens is 1. The summed E-state index contributed by atoms with van der Waals surface area (Å²) in [4.78, 5) is 3.49. The molecule has 3 aromatic rings. The zero-order valence-corrected chi connectivity index (χ0v) is 11.7. The Morgan fingerprint density at radius 2 is 1.81 bits per heavy atom. The topological polar surface area (TPSA) is 41.8 Å². The summed E-state index contributed by atoms with van der Waals surface area (Å²) in [6.07, 6.45) is 3.30. The molecule has 21 heavy (non-hydrogen) atoms. The molecule has 0 fully saturated rings. The fourth-order valence-corrected chi connectivity index (χ4v) is 3.33. The minimum absolute atomic E-state index is 0.121. The molecule has 106 valence electrons. The number of nitrogens with one attached hydrogen (secondary N) is 1. The third-order valence-electron chi connectivity index (χ3n) is 4.43. The summed E-state index contributed by atoms with van der Waals surface area (Å²) in [5.41, 5.74) is 12.0. The zero-order chi connectivity index (χ0) is 14.4. The average molecular weight is 280 g/mol. The Kier molecular flexibility index (Phi) is 2.82. The molecule has 1 aromatic heterocycles. The maximum absolute atomic E-state index is 13.0. The summed E-state index contributed by atoms with van der Waals surface area (Å²) in [6.45, 7) is 0. The minimum atomic E-state index is -0.207. The van der Waals surface area contributed by atoms with Gasteiger partial charge in [-0.05, 0) is 54.2 Å². The van der Waals surface area contributed by atoms with Gasteiger partial charge in [-0.1, -0.05) is 24.3 Å². The van der Waals surface area contributed by atoms with Gasteiger partial charge in [0.05, 0.1) is 0 Å². The smallest absolute Gasteiger partial charge is 0.123 e. The number of aryl methyl sites for hydroxylation is 1. The highest BCUT2D eigenvalue weighted by molar-refractivity contribution is 5.89. The van der Waals surface area contributed by atoms with E-state index < -0.39 is 0 Å². The number of hydrogen-bond acceptors (Lipinski definition) is 1. The van der Waals surface area contributed by atoms with Crippen LogP contribution >= 0.6 is 0 Å². The lowest BCUT2D eigenvalue weighted by Gasteiger charge is -2.18. The molecule has 0 saturated heterocycles. The molecule has 0 bridgehead atoms. The third kappa shape index (κ3) is 2.05. The Morgan fingerprint density at radius 1 is 1.05 bits per heavy atom. The Balaban J connectivity index is 1.85. The largest absolute Gasteiger partial charge is 0.357 e. The molecule has 1 aliphatic rings. The van der Waals surface area contributed by atoms with E-state index in [1.165, 1.54) is 28.8 Å². The fourth-order valence-electron chi connectivity index (χ4n) is 3.33. The van der Waals surface area contributed by atoms with Crippen LogP contribution in [0.25, 0.3) is 22.0 Å². The first-order valence-electron chi connectivity index (χ1n) is 7.38. The molecule has 1 aliphatic carbocycles. The van der Waals surface area contributed by atoms with Crippen molar-refractivity contribution in [2.24, 2.45) is 5.73 Å². The molecule has 1 atom stereocenters. The first kappa shape index (κ1) is 12.6. The van der Waals surface area contributed by atoms with Gasteiger partial charge < -0.3 is 10.7 Å². The molecule has 0 radical (unpaired) electrons. The summed E-state index contributed by atoms with van der Waals surface area (Å²) in [6, 6.07) is 13.1. The number of aromatic amines is 1. The van der Waals surface area contributed by atoms with Gasteiger partial charge in [-0.15, -0.1) is 0 Å². The highest BCUT2D eigenvalue weighted by atomic mass is 19.1. The second-order valence-corrected chi connectivity index (χ2v) is 5.78. The second-order valence-electron chi connectivity index (χ2n) is 5.78. The van der Waals surface area contributed by atoms with E-state index in [4.69, 9.17) is 5.73 Å². The lowest BCUT2D eigenvalue weighted by Crippen LogP contribution is -2.16. The van der Waals surface area contributed by atoms with Crippen LogP contribution in [0, 0.1) is 5.82 Å². The van der Waals surface area contributed by atoms with Crippen LogP contribution in [0.5, 0.6) is 0 Å². The first-order valence-corrected chi connectivity index (χ1v) is 7.38. The van der Waals surface area contributed by atoms with E-state index in [9.17, 15) is 4.39 Å². The Labute approximate surface area is 122 Å². The molecule has 0 spiro atoms. The van der Waals surface area contributed by atoms with Crippen LogP contribution in [-0.2, 0) is 6.42 Å². The van der Waals surface area contributed by atoms with E-state index in [1.807, 2.05) is 12.1 Å². The van der Waals surface area contributed by atoms with Gasteiger partial charge in [0.15, 0.2) is 0 Å². The average Bonchev–Trinajstić information content (AvgIpc) is 2.87. The number of aromatic nitrogens is 1. The van der Waals surface area contributed by atoms with E-state index >= 15 is 0 Å². The second kappa shape index (κ2) is 4.71. The monoisotopic (exact) mass is 280 g/mol. The van der Waals surface area contributed by atoms with E-state index in [0.29, 0.717) is 0 Å². The molecule has 2 nitrogen and oxygen atoms in total. The molecule has 1 unspecified atom stereocenters. The predicted octanol–water partition coefficient (Wildman–Crippen LogP) is 4.31. The van der Waals surface area contributed by atoms with Gasteiger partial charge in [0, 0.05) is 22.6 Å². The van der Waals surface area contributed by atoms with Crippen LogP contribution in [0.3, 0.4) is 0 Å². The van der Waals surface area contributed by atoms with Crippen molar-refractivity contribution in [3.8, 4) is 11.1 Å². The summed E-state index contributed by atoms with van der Waals surface area (Å²) in [7, 11) is 0. The molecule has 3 N–H and O–H groups in total. The standard InChI is InChI=1S/C18H17FN2/c19-13-7-4-11(5-8-13)12-6-9-14-15-2-1-3-16(20)18(15)21-17(14)10-12/h4-10,16,21H,1-3,20H2. The number of nitrogens with two attached hydrogens (primary N) is 1. The van der Waals surface area contributed by atoms with Gasteiger partial charge in [-0.25, -0.2) is 4.39 Å². The lowest BCUT2D eigenvalue weighted by molar-refractivity contribution is 0.562. The van der Waals surface area contributed by atoms with E-state index in [2.05, 4.69) is 23.2 Å². The molecule has 0 amide bonds. The van der Waals surface area contributed by atoms with Crippen molar-refractivity contribution in [1.29, 1.82) is 0 Å².